The topological polar surface area (TPSA) is 67.9 Å². The van der Waals surface area contributed by atoms with Gasteiger partial charge in [-0.05, 0) is 62.4 Å². The molecule has 1 N–H and O–H groups in total. The first kappa shape index (κ1) is 28.7. The lowest BCUT2D eigenvalue weighted by Gasteiger charge is -2.32. The number of likely N-dealkylation sites (N-methyl/N-ethyl adjacent to an activating group) is 1. The summed E-state index contributed by atoms with van der Waals surface area (Å²) in [5.41, 5.74) is 1.24. The molecule has 7 nitrogen and oxygen atoms in total. The van der Waals surface area contributed by atoms with Crippen LogP contribution in [0.4, 0.5) is 5.69 Å². The number of ether oxygens (including phenoxy) is 2. The standard InChI is InChI=1S/C25H35N3O4.HI/c1-6-28(3,7-2)19-17-26-24(29)16-18-27(21-10-14-23(32-5)15-11-21)25(30)20-8-12-22(31-4)13-9-20;/h8-15H,6-7,16-19H2,1-5H3;1H. The highest BCUT2D eigenvalue weighted by Crippen LogP contribution is 2.22. The lowest BCUT2D eigenvalue weighted by molar-refractivity contribution is -0.904. The third-order valence-corrected chi connectivity index (χ3v) is 6.03. The molecule has 33 heavy (non-hydrogen) atoms. The van der Waals surface area contributed by atoms with Crippen LogP contribution < -0.4 is 43.7 Å². The zero-order valence-electron chi connectivity index (χ0n) is 20.3. The molecule has 182 valence electrons. The number of methoxy groups -OCH3 is 2. The van der Waals surface area contributed by atoms with Crippen molar-refractivity contribution in [3.8, 4) is 11.5 Å². The van der Waals surface area contributed by atoms with Crippen LogP contribution in [0, 0.1) is 0 Å². The molecule has 0 fully saturated rings. The molecule has 0 aliphatic carbocycles. The van der Waals surface area contributed by atoms with E-state index < -0.39 is 0 Å². The monoisotopic (exact) mass is 569 g/mol. The number of rotatable bonds is 12. The second-order valence-electron chi connectivity index (χ2n) is 7.96. The minimum Gasteiger partial charge on any atom is -1.00 e. The van der Waals surface area contributed by atoms with Crippen LogP contribution in [0.15, 0.2) is 48.5 Å². The van der Waals surface area contributed by atoms with Crippen LogP contribution in [0.3, 0.4) is 0 Å². The number of hydrogen-bond acceptors (Lipinski definition) is 4. The van der Waals surface area contributed by atoms with Gasteiger partial charge in [-0.15, -0.1) is 0 Å². The van der Waals surface area contributed by atoms with E-state index in [1.54, 1.807) is 55.5 Å². The quantitative estimate of drug-likeness (QED) is 0.296. The van der Waals surface area contributed by atoms with Crippen molar-refractivity contribution in [2.45, 2.75) is 20.3 Å². The first-order chi connectivity index (χ1) is 15.4. The average molecular weight is 569 g/mol. The molecule has 0 heterocycles. The van der Waals surface area contributed by atoms with Crippen molar-refractivity contribution < 1.29 is 47.5 Å². The summed E-state index contributed by atoms with van der Waals surface area (Å²) in [4.78, 5) is 27.4. The number of benzene rings is 2. The van der Waals surface area contributed by atoms with Gasteiger partial charge in [0.25, 0.3) is 5.91 Å². The number of quaternary nitrogens is 1. The lowest BCUT2D eigenvalue weighted by atomic mass is 10.1. The Kier molecular flexibility index (Phi) is 12.2. The largest absolute Gasteiger partial charge is 1.00 e. The van der Waals surface area contributed by atoms with Gasteiger partial charge in [0.1, 0.15) is 11.5 Å². The van der Waals surface area contributed by atoms with Gasteiger partial charge in [0, 0.05) is 24.2 Å². The maximum Gasteiger partial charge on any atom is 0.258 e. The molecule has 2 aromatic carbocycles. The van der Waals surface area contributed by atoms with Crippen LogP contribution in [0.2, 0.25) is 0 Å². The highest BCUT2D eigenvalue weighted by molar-refractivity contribution is 6.06. The van der Waals surface area contributed by atoms with Gasteiger partial charge in [0.2, 0.25) is 5.91 Å². The summed E-state index contributed by atoms with van der Waals surface area (Å²) in [6.45, 7) is 8.13. The van der Waals surface area contributed by atoms with Gasteiger partial charge >= 0.3 is 0 Å². The second kappa shape index (κ2) is 14.0. The zero-order chi connectivity index (χ0) is 23.6. The number of carbonyl (C=O) groups is 2. The minimum atomic E-state index is -0.174. The Morgan fingerprint density at radius 1 is 0.909 bits per heavy atom. The van der Waals surface area contributed by atoms with E-state index in [1.807, 2.05) is 12.1 Å². The van der Waals surface area contributed by atoms with E-state index in [4.69, 9.17) is 9.47 Å². The number of carbonyl (C=O) groups excluding carboxylic acids is 2. The molecule has 0 saturated heterocycles. The van der Waals surface area contributed by atoms with Gasteiger partial charge in [-0.3, -0.25) is 9.59 Å². The van der Waals surface area contributed by atoms with E-state index in [2.05, 4.69) is 26.2 Å². The molecule has 0 bridgehead atoms. The van der Waals surface area contributed by atoms with Crippen LogP contribution in [0.5, 0.6) is 11.5 Å². The summed E-state index contributed by atoms with van der Waals surface area (Å²) in [5.74, 6) is 1.15. The Hall–Kier alpha value is -2.33. The first-order valence-electron chi connectivity index (χ1n) is 11.1. The van der Waals surface area contributed by atoms with Crippen molar-refractivity contribution in [3.05, 3.63) is 54.1 Å². The summed E-state index contributed by atoms with van der Waals surface area (Å²) < 4.78 is 11.3. The fourth-order valence-electron chi connectivity index (χ4n) is 3.31. The Labute approximate surface area is 214 Å². The van der Waals surface area contributed by atoms with Crippen LogP contribution in [-0.2, 0) is 4.79 Å². The summed E-state index contributed by atoms with van der Waals surface area (Å²) >= 11 is 0. The van der Waals surface area contributed by atoms with Crippen molar-refractivity contribution in [1.29, 1.82) is 0 Å². The van der Waals surface area contributed by atoms with E-state index >= 15 is 0 Å². The summed E-state index contributed by atoms with van der Waals surface area (Å²) in [6.07, 6.45) is 0.218. The highest BCUT2D eigenvalue weighted by Gasteiger charge is 2.20. The predicted molar refractivity (Wildman–Crippen MR) is 127 cm³/mol. The predicted octanol–water partition coefficient (Wildman–Crippen LogP) is 0.347. The molecular formula is C25H36IN3O4. The molecular weight excluding hydrogens is 533 g/mol. The van der Waals surface area contributed by atoms with Gasteiger partial charge in [0.05, 0.1) is 47.4 Å². The van der Waals surface area contributed by atoms with Gasteiger partial charge in [-0.25, -0.2) is 0 Å². The third-order valence-electron chi connectivity index (χ3n) is 6.03. The van der Waals surface area contributed by atoms with Crippen molar-refractivity contribution >= 4 is 17.5 Å². The van der Waals surface area contributed by atoms with Gasteiger partial charge in [-0.2, -0.15) is 0 Å². The first-order valence-corrected chi connectivity index (χ1v) is 11.1. The molecule has 2 rings (SSSR count). The van der Waals surface area contributed by atoms with Gasteiger partial charge in [-0.1, -0.05) is 0 Å². The molecule has 8 heteroatoms. The van der Waals surface area contributed by atoms with E-state index in [9.17, 15) is 9.59 Å². The summed E-state index contributed by atoms with van der Waals surface area (Å²) in [5, 5.41) is 3.00. The maximum absolute atomic E-state index is 13.3. The Morgan fingerprint density at radius 2 is 1.42 bits per heavy atom. The lowest BCUT2D eigenvalue weighted by Crippen LogP contribution is -3.00. The molecule has 0 unspecified atom stereocenters. The number of nitrogens with zero attached hydrogens (tertiary/aromatic N) is 2. The van der Waals surface area contributed by atoms with Crippen molar-refractivity contribution in [1.82, 2.24) is 5.32 Å². The van der Waals surface area contributed by atoms with Crippen LogP contribution in [-0.4, -0.2) is 70.3 Å². The van der Waals surface area contributed by atoms with Crippen molar-refractivity contribution in [2.24, 2.45) is 0 Å². The van der Waals surface area contributed by atoms with Crippen molar-refractivity contribution in [3.63, 3.8) is 0 Å². The highest BCUT2D eigenvalue weighted by atomic mass is 127. The van der Waals surface area contributed by atoms with Crippen LogP contribution >= 0.6 is 0 Å². The SMILES string of the molecule is CC[N+](C)(CC)CCNC(=O)CCN(C(=O)c1ccc(OC)cc1)c1ccc(OC)cc1.[I-]. The van der Waals surface area contributed by atoms with E-state index in [0.29, 0.717) is 29.3 Å². The van der Waals surface area contributed by atoms with Gasteiger partial charge in [0.15, 0.2) is 0 Å². The number of halogens is 1. The fourth-order valence-corrected chi connectivity index (χ4v) is 3.31. The Morgan fingerprint density at radius 3 is 1.91 bits per heavy atom. The molecule has 2 aromatic rings. The van der Waals surface area contributed by atoms with Crippen LogP contribution in [0.25, 0.3) is 0 Å². The Bertz CT molecular complexity index is 868. The maximum atomic E-state index is 13.3. The average Bonchev–Trinajstić information content (AvgIpc) is 2.84. The fraction of sp³-hybridized carbons (Fsp3) is 0.440. The van der Waals surface area contributed by atoms with E-state index in [0.717, 1.165) is 24.1 Å². The molecule has 0 radical (unpaired) electrons. The normalized spacial score (nSPS) is 10.7. The zero-order valence-corrected chi connectivity index (χ0v) is 22.4. The van der Waals surface area contributed by atoms with Crippen molar-refractivity contribution in [2.75, 3.05) is 58.9 Å². The minimum absolute atomic E-state index is 0. The molecule has 0 aliphatic rings. The van der Waals surface area contributed by atoms with E-state index in [1.165, 1.54) is 0 Å². The summed E-state index contributed by atoms with van der Waals surface area (Å²) in [6, 6.07) is 14.2. The number of hydrogen-bond donors (Lipinski definition) is 1. The number of amides is 2. The molecule has 0 atom stereocenters. The van der Waals surface area contributed by atoms with E-state index in [-0.39, 0.29) is 48.8 Å². The molecule has 0 spiro atoms. The number of nitrogens with one attached hydrogen (secondary N) is 1. The third kappa shape index (κ3) is 8.51. The molecule has 0 aliphatic heterocycles. The Balaban J connectivity index is 0.00000544. The smallest absolute Gasteiger partial charge is 0.258 e. The molecule has 0 saturated carbocycles. The number of anilines is 1. The second-order valence-corrected chi connectivity index (χ2v) is 7.96. The van der Waals surface area contributed by atoms with Crippen LogP contribution in [0.1, 0.15) is 30.6 Å². The summed E-state index contributed by atoms with van der Waals surface area (Å²) in [7, 11) is 5.37. The van der Waals surface area contributed by atoms with Gasteiger partial charge < -0.3 is 48.2 Å². The molecule has 0 aromatic heterocycles. The molecule has 2 amide bonds.